The first-order valence-corrected chi connectivity index (χ1v) is 5.44. The van der Waals surface area contributed by atoms with Gasteiger partial charge in [0, 0.05) is 18.5 Å². The topological polar surface area (TPSA) is 78.4 Å². The molecule has 0 saturated carbocycles. The normalized spacial score (nSPS) is 9.62. The van der Waals surface area contributed by atoms with Gasteiger partial charge in [-0.15, -0.1) is 0 Å². The standard InChI is InChI=1S/C11H20N2O3/c1-9(2)12-10(14)7-5-3-4-6-8-11(15)13-16/h16H,1,3-8H2,2H3,(H,12,14)(H,13,15). The van der Waals surface area contributed by atoms with Crippen LogP contribution in [0, 0.1) is 0 Å². The second-order valence-corrected chi connectivity index (χ2v) is 3.78. The van der Waals surface area contributed by atoms with E-state index in [1.807, 2.05) is 0 Å². The lowest BCUT2D eigenvalue weighted by Crippen LogP contribution is -2.20. The molecule has 0 aromatic carbocycles. The Morgan fingerprint density at radius 3 is 2.00 bits per heavy atom. The third-order valence-corrected chi connectivity index (χ3v) is 2.04. The number of carbonyl (C=O) groups is 2. The highest BCUT2D eigenvalue weighted by molar-refractivity contribution is 5.77. The number of allylic oxidation sites excluding steroid dienone is 1. The van der Waals surface area contributed by atoms with Crippen LogP contribution in [0.1, 0.15) is 45.4 Å². The first-order valence-electron chi connectivity index (χ1n) is 5.44. The number of hydroxylamine groups is 1. The van der Waals surface area contributed by atoms with Gasteiger partial charge in [0.25, 0.3) is 0 Å². The highest BCUT2D eigenvalue weighted by Gasteiger charge is 2.01. The Labute approximate surface area is 95.9 Å². The van der Waals surface area contributed by atoms with Crippen LogP contribution < -0.4 is 10.8 Å². The van der Waals surface area contributed by atoms with Crippen LogP contribution in [-0.2, 0) is 9.59 Å². The molecule has 0 aliphatic carbocycles. The van der Waals surface area contributed by atoms with Gasteiger partial charge in [-0.3, -0.25) is 14.8 Å². The van der Waals surface area contributed by atoms with Gasteiger partial charge in [-0.25, -0.2) is 5.48 Å². The highest BCUT2D eigenvalue weighted by atomic mass is 16.5. The van der Waals surface area contributed by atoms with Crippen LogP contribution in [0.3, 0.4) is 0 Å². The second kappa shape index (κ2) is 8.91. The monoisotopic (exact) mass is 228 g/mol. The maximum Gasteiger partial charge on any atom is 0.243 e. The maximum atomic E-state index is 11.2. The molecule has 0 radical (unpaired) electrons. The van der Waals surface area contributed by atoms with E-state index in [1.54, 1.807) is 12.4 Å². The summed E-state index contributed by atoms with van der Waals surface area (Å²) in [5.74, 6) is -0.374. The zero-order valence-corrected chi connectivity index (χ0v) is 9.71. The molecule has 3 N–H and O–H groups in total. The molecule has 0 rings (SSSR count). The van der Waals surface area contributed by atoms with Crippen molar-refractivity contribution in [2.75, 3.05) is 0 Å². The largest absolute Gasteiger partial charge is 0.331 e. The minimum atomic E-state index is -0.361. The van der Waals surface area contributed by atoms with Crippen molar-refractivity contribution in [3.05, 3.63) is 12.3 Å². The number of hydrogen-bond donors (Lipinski definition) is 3. The number of unbranched alkanes of at least 4 members (excludes halogenated alkanes) is 3. The van der Waals surface area contributed by atoms with E-state index in [9.17, 15) is 9.59 Å². The Balaban J connectivity index is 3.30. The van der Waals surface area contributed by atoms with Gasteiger partial charge in [0.1, 0.15) is 0 Å². The molecule has 0 bridgehead atoms. The first-order chi connectivity index (χ1) is 7.56. The molecule has 0 aliphatic rings. The molecule has 0 aliphatic heterocycles. The smallest absolute Gasteiger partial charge is 0.243 e. The number of nitrogens with one attached hydrogen (secondary N) is 2. The average molecular weight is 228 g/mol. The minimum absolute atomic E-state index is 0.0133. The van der Waals surface area contributed by atoms with Crippen molar-refractivity contribution in [2.45, 2.75) is 45.4 Å². The number of hydrogen-bond acceptors (Lipinski definition) is 3. The van der Waals surface area contributed by atoms with Crippen molar-refractivity contribution in [1.82, 2.24) is 10.8 Å². The van der Waals surface area contributed by atoms with Crippen molar-refractivity contribution in [3.8, 4) is 0 Å². The third kappa shape index (κ3) is 9.21. The van der Waals surface area contributed by atoms with Gasteiger partial charge in [0.2, 0.25) is 11.8 Å². The Kier molecular flexibility index (Phi) is 8.15. The number of amides is 2. The Morgan fingerprint density at radius 1 is 1.06 bits per heavy atom. The average Bonchev–Trinajstić information content (AvgIpc) is 2.21. The predicted molar refractivity (Wildman–Crippen MR) is 60.6 cm³/mol. The van der Waals surface area contributed by atoms with E-state index in [-0.39, 0.29) is 11.8 Å². The van der Waals surface area contributed by atoms with E-state index in [4.69, 9.17) is 5.21 Å². The van der Waals surface area contributed by atoms with Crippen LogP contribution in [0.2, 0.25) is 0 Å². The van der Waals surface area contributed by atoms with Crippen LogP contribution in [0.4, 0.5) is 0 Å². The zero-order valence-electron chi connectivity index (χ0n) is 9.71. The fraction of sp³-hybridized carbons (Fsp3) is 0.636. The summed E-state index contributed by atoms with van der Waals surface area (Å²) in [7, 11) is 0. The summed E-state index contributed by atoms with van der Waals surface area (Å²) < 4.78 is 0. The zero-order chi connectivity index (χ0) is 12.4. The molecule has 92 valence electrons. The van der Waals surface area contributed by atoms with Crippen LogP contribution >= 0.6 is 0 Å². The molecule has 0 unspecified atom stereocenters. The van der Waals surface area contributed by atoms with Crippen molar-refractivity contribution in [3.63, 3.8) is 0 Å². The molecule has 5 heteroatoms. The lowest BCUT2D eigenvalue weighted by molar-refractivity contribution is -0.129. The maximum absolute atomic E-state index is 11.2. The number of carbonyl (C=O) groups excluding carboxylic acids is 2. The molecule has 2 amide bonds. The quantitative estimate of drug-likeness (QED) is 0.334. The lowest BCUT2D eigenvalue weighted by Gasteiger charge is -2.03. The summed E-state index contributed by atoms with van der Waals surface area (Å²) in [5.41, 5.74) is 2.24. The summed E-state index contributed by atoms with van der Waals surface area (Å²) in [6.07, 6.45) is 4.14. The van der Waals surface area contributed by atoms with Gasteiger partial charge in [-0.2, -0.15) is 0 Å². The Bertz CT molecular complexity index is 252. The first kappa shape index (κ1) is 14.6. The summed E-state index contributed by atoms with van der Waals surface area (Å²) >= 11 is 0. The van der Waals surface area contributed by atoms with Crippen LogP contribution in [-0.4, -0.2) is 17.0 Å². The van der Waals surface area contributed by atoms with Crippen molar-refractivity contribution >= 4 is 11.8 Å². The Hall–Kier alpha value is -1.36. The molecular weight excluding hydrogens is 208 g/mol. The highest BCUT2D eigenvalue weighted by Crippen LogP contribution is 2.05. The molecular formula is C11H20N2O3. The van der Waals surface area contributed by atoms with Crippen molar-refractivity contribution in [1.29, 1.82) is 0 Å². The summed E-state index contributed by atoms with van der Waals surface area (Å²) in [6.45, 7) is 5.32. The fourth-order valence-electron chi connectivity index (χ4n) is 1.28. The number of rotatable bonds is 8. The van der Waals surface area contributed by atoms with Crippen LogP contribution in [0.5, 0.6) is 0 Å². The lowest BCUT2D eigenvalue weighted by atomic mass is 10.1. The fourth-order valence-corrected chi connectivity index (χ4v) is 1.28. The Morgan fingerprint density at radius 2 is 1.56 bits per heavy atom. The van der Waals surface area contributed by atoms with Gasteiger partial charge in [0.15, 0.2) is 0 Å². The van der Waals surface area contributed by atoms with Crippen LogP contribution in [0.15, 0.2) is 12.3 Å². The van der Waals surface area contributed by atoms with E-state index in [0.29, 0.717) is 18.5 Å². The van der Waals surface area contributed by atoms with Gasteiger partial charge in [0.05, 0.1) is 0 Å². The van der Waals surface area contributed by atoms with E-state index in [1.165, 1.54) is 0 Å². The molecule has 0 aromatic heterocycles. The molecule has 0 saturated heterocycles. The van der Waals surface area contributed by atoms with Crippen molar-refractivity contribution < 1.29 is 14.8 Å². The molecule has 0 heterocycles. The van der Waals surface area contributed by atoms with E-state index in [0.717, 1.165) is 25.7 Å². The second-order valence-electron chi connectivity index (χ2n) is 3.78. The van der Waals surface area contributed by atoms with Gasteiger partial charge < -0.3 is 5.32 Å². The van der Waals surface area contributed by atoms with Gasteiger partial charge >= 0.3 is 0 Å². The summed E-state index contributed by atoms with van der Waals surface area (Å²) in [6, 6.07) is 0. The summed E-state index contributed by atoms with van der Waals surface area (Å²) in [5, 5.41) is 10.9. The minimum Gasteiger partial charge on any atom is -0.331 e. The van der Waals surface area contributed by atoms with E-state index >= 15 is 0 Å². The molecule has 0 fully saturated rings. The van der Waals surface area contributed by atoms with E-state index < -0.39 is 0 Å². The molecule has 5 nitrogen and oxygen atoms in total. The van der Waals surface area contributed by atoms with Crippen LogP contribution in [0.25, 0.3) is 0 Å². The van der Waals surface area contributed by atoms with Gasteiger partial charge in [-0.1, -0.05) is 19.4 Å². The molecule has 0 aromatic rings. The van der Waals surface area contributed by atoms with Crippen molar-refractivity contribution in [2.24, 2.45) is 0 Å². The third-order valence-electron chi connectivity index (χ3n) is 2.04. The molecule has 0 atom stereocenters. The summed E-state index contributed by atoms with van der Waals surface area (Å²) in [4.78, 5) is 21.8. The van der Waals surface area contributed by atoms with E-state index in [2.05, 4.69) is 11.9 Å². The SMILES string of the molecule is C=C(C)NC(=O)CCCCCCC(=O)NO. The molecule has 16 heavy (non-hydrogen) atoms. The predicted octanol–water partition coefficient (Wildman–Crippen LogP) is 1.48. The van der Waals surface area contributed by atoms with Gasteiger partial charge in [-0.05, 0) is 19.8 Å². The molecule has 0 spiro atoms.